The van der Waals surface area contributed by atoms with Crippen LogP contribution >= 0.6 is 15.9 Å². The number of alkyl halides is 24. The van der Waals surface area contributed by atoms with Crippen molar-refractivity contribution in [3.8, 4) is 33.8 Å². The molecule has 0 amide bonds. The Morgan fingerprint density at radius 1 is 0.356 bits per heavy atom. The van der Waals surface area contributed by atoms with Gasteiger partial charge in [0.2, 0.25) is 0 Å². The number of benzene rings is 4. The Morgan fingerprint density at radius 3 is 0.862 bits per heavy atom. The second kappa shape index (κ2) is 31.0. The van der Waals surface area contributed by atoms with E-state index in [-0.39, 0.29) is 90.3 Å². The van der Waals surface area contributed by atoms with E-state index in [9.17, 15) is 105 Å². The molecule has 0 bridgehead atoms. The molecule has 0 aliphatic heterocycles. The van der Waals surface area contributed by atoms with Crippen molar-refractivity contribution in [2.75, 3.05) is 0 Å². The van der Waals surface area contributed by atoms with Crippen LogP contribution < -0.4 is 5.46 Å². The molecule has 34 heteroatoms. The minimum absolute atomic E-state index is 0. The molecular weight excluding hydrogens is 1480 g/mol. The van der Waals surface area contributed by atoms with Crippen LogP contribution in [0.1, 0.15) is 44.5 Å². The molecule has 0 saturated heterocycles. The molecule has 0 atom stereocenters. The fourth-order valence-corrected chi connectivity index (χ4v) is 6.56. The van der Waals surface area contributed by atoms with Crippen LogP contribution in [0.2, 0.25) is 0 Å². The van der Waals surface area contributed by atoms with E-state index < -0.39 is 106 Å². The first-order valence-corrected chi connectivity index (χ1v) is 23.2. The van der Waals surface area contributed by atoms with Gasteiger partial charge < -0.3 is 19.8 Å². The molecule has 2 N–H and O–H groups in total. The average molecular weight is 1510 g/mol. The van der Waals surface area contributed by atoms with Gasteiger partial charge in [0, 0.05) is 35.9 Å². The third-order valence-corrected chi connectivity index (χ3v) is 10.5. The van der Waals surface area contributed by atoms with Gasteiger partial charge in [-0.1, -0.05) is 42.5 Å². The van der Waals surface area contributed by atoms with Crippen LogP contribution in [-0.4, -0.2) is 43.9 Å². The van der Waals surface area contributed by atoms with E-state index in [4.69, 9.17) is 14.8 Å². The Balaban J connectivity index is 0.000000376. The third-order valence-electron chi connectivity index (χ3n) is 10.1. The molecule has 4 aromatic heterocycles. The van der Waals surface area contributed by atoms with E-state index in [1.165, 1.54) is 73.2 Å². The molecule has 0 aliphatic rings. The van der Waals surface area contributed by atoms with E-state index in [1.807, 2.05) is 24.3 Å². The number of carbonyl (C=O) groups excluding carboxylic acids is 1. The SMILES string of the molecule is Brc1ccccn1.FC(F)(F)c1[c-]c(-c2ccccn2)cc(C(F)(F)F)c1.FC(F)(F)c1cc(-c2ccccn2)cc(C(F)(F)F)c1.FC(F)(F)c1cc(-c2ccccn2)cc(C(F)(F)F)c1.OB(O)c1cc(C(F)(F)F)cc(C(F)(F)F)c1.[CH-]=O.[IrH+2]. The van der Waals surface area contributed by atoms with Crippen LogP contribution in [0.4, 0.5) is 105 Å². The van der Waals surface area contributed by atoms with Crippen LogP contribution in [0.25, 0.3) is 33.8 Å². The molecule has 0 spiro atoms. The Hall–Kier alpha value is -7.42. The molecule has 0 saturated carbocycles. The standard InChI is InChI=1S/2C13H7F6N.C13H6F6N.C8H5BF6O2.C5H4BrN.CHO.Ir.H/c3*14-12(15,16)9-5-8(11-3-1-2-4-20-11)6-10(7-9)13(17,18)19;10-7(11,12)4-1-5(8(13,14)15)3-6(2-4)9(16)17;6-5-3-1-2-4-7-5;1-2;;/h2*1-7H;1-5,7H;1-3,16-17H;1-4H;1H;;/q;;-1;;;-1;+2;. The van der Waals surface area contributed by atoms with Crippen molar-refractivity contribution >= 4 is 35.3 Å². The van der Waals surface area contributed by atoms with E-state index >= 15 is 0 Å². The summed E-state index contributed by atoms with van der Waals surface area (Å²) < 4.78 is 302. The van der Waals surface area contributed by atoms with E-state index in [2.05, 4.69) is 42.7 Å². The second-order valence-electron chi connectivity index (χ2n) is 16.3. The molecule has 1 radical (unpaired) electrons. The quantitative estimate of drug-likeness (QED) is 0.0594. The maximum absolute atomic E-state index is 12.7. The van der Waals surface area contributed by atoms with Crippen molar-refractivity contribution in [2.24, 2.45) is 0 Å². The summed E-state index contributed by atoms with van der Waals surface area (Å²) in [7, 11) is -2.40. The molecule has 8 aromatic rings. The zero-order valence-electron chi connectivity index (χ0n) is 42.1. The fraction of sp³-hybridized carbons (Fsp3) is 0.151. The van der Waals surface area contributed by atoms with Gasteiger partial charge in [0.1, 0.15) is 4.60 Å². The number of nitrogens with zero attached hydrogens (tertiary/aromatic N) is 4. The van der Waals surface area contributed by atoms with Gasteiger partial charge in [-0.15, -0.1) is 23.8 Å². The summed E-state index contributed by atoms with van der Waals surface area (Å²) in [5, 5.41) is 17.2. The fourth-order valence-electron chi connectivity index (χ4n) is 6.29. The zero-order valence-corrected chi connectivity index (χ0v) is 46.3. The zero-order chi connectivity index (χ0) is 65.4. The van der Waals surface area contributed by atoms with Crippen molar-refractivity contribution in [1.82, 2.24) is 19.9 Å². The number of pyridine rings is 4. The molecule has 7 nitrogen and oxygen atoms in total. The molecule has 8 rings (SSSR count). The molecule has 0 aliphatic carbocycles. The van der Waals surface area contributed by atoms with Gasteiger partial charge in [0.25, 0.3) is 0 Å². The summed E-state index contributed by atoms with van der Waals surface area (Å²) in [6.07, 6.45) is -33.6. The molecule has 468 valence electrons. The Bertz CT molecular complexity index is 3010. The summed E-state index contributed by atoms with van der Waals surface area (Å²) in [5.41, 5.74) is -13.1. The number of halogens is 25. The van der Waals surface area contributed by atoms with Crippen LogP contribution in [0, 0.1) is 6.07 Å². The van der Waals surface area contributed by atoms with Crippen molar-refractivity contribution in [1.29, 1.82) is 0 Å². The molecule has 4 aromatic carbocycles. The van der Waals surface area contributed by atoms with Gasteiger partial charge in [-0.05, 0) is 123 Å². The Morgan fingerprint density at radius 2 is 0.632 bits per heavy atom. The summed E-state index contributed by atoms with van der Waals surface area (Å²) in [6, 6.07) is 24.4. The first-order chi connectivity index (χ1) is 39.4. The number of hydrogen-bond acceptors (Lipinski definition) is 7. The third kappa shape index (κ3) is 24.7. The second-order valence-corrected chi connectivity index (χ2v) is 17.1. The van der Waals surface area contributed by atoms with E-state index in [1.54, 1.807) is 6.20 Å². The summed E-state index contributed by atoms with van der Waals surface area (Å²) in [4.78, 5) is 22.9. The molecule has 0 fully saturated rings. The number of hydrogen-bond donors (Lipinski definition) is 2. The molecule has 4 heterocycles. The van der Waals surface area contributed by atoms with Crippen LogP contribution in [0.5, 0.6) is 0 Å². The van der Waals surface area contributed by atoms with Crippen LogP contribution in [-0.2, 0) is 74.3 Å². The minimum atomic E-state index is -5.00. The Kier molecular flexibility index (Phi) is 26.9. The van der Waals surface area contributed by atoms with Crippen molar-refractivity contribution in [3.63, 3.8) is 0 Å². The number of rotatable bonds is 4. The van der Waals surface area contributed by atoms with E-state index in [0.717, 1.165) is 4.60 Å². The summed E-state index contributed by atoms with van der Waals surface area (Å²) in [5.74, 6) is 0. The van der Waals surface area contributed by atoms with Crippen molar-refractivity contribution in [3.05, 3.63) is 219 Å². The van der Waals surface area contributed by atoms with E-state index in [0.29, 0.717) is 30.3 Å². The normalized spacial score (nSPS) is 11.9. The molecule has 0 unspecified atom stereocenters. The van der Waals surface area contributed by atoms with Gasteiger partial charge in [-0.3, -0.25) is 16.8 Å². The van der Waals surface area contributed by atoms with Crippen LogP contribution in [0.15, 0.2) is 169 Å². The van der Waals surface area contributed by atoms with Gasteiger partial charge in [-0.2, -0.15) is 105 Å². The first kappa shape index (κ1) is 75.7. The van der Waals surface area contributed by atoms with Gasteiger partial charge in [-0.25, -0.2) is 4.98 Å². The summed E-state index contributed by atoms with van der Waals surface area (Å²) in [6.45, 7) is 3.25. The predicted octanol–water partition coefficient (Wildman–Crippen LogP) is 16.9. The molecule has 87 heavy (non-hydrogen) atoms. The first-order valence-electron chi connectivity index (χ1n) is 22.4. The monoisotopic (exact) mass is 1510 g/mol. The predicted molar refractivity (Wildman–Crippen MR) is 264 cm³/mol. The average Bonchev–Trinajstić information content (AvgIpc) is 1.06. The summed E-state index contributed by atoms with van der Waals surface area (Å²) >= 11 is 3.20. The Labute approximate surface area is 496 Å². The van der Waals surface area contributed by atoms with Crippen LogP contribution in [0.3, 0.4) is 0 Å². The van der Waals surface area contributed by atoms with Gasteiger partial charge >= 0.3 is 76.6 Å². The number of aromatic nitrogens is 4. The van der Waals surface area contributed by atoms with Crippen molar-refractivity contribution in [2.45, 2.75) is 49.4 Å². The van der Waals surface area contributed by atoms with Crippen molar-refractivity contribution < 1.29 is 140 Å². The molecular formula is C53H31BBrF24IrN4O3. The van der Waals surface area contributed by atoms with Gasteiger partial charge in [0.15, 0.2) is 0 Å². The maximum atomic E-state index is 12.7. The van der Waals surface area contributed by atoms with Gasteiger partial charge in [0.05, 0.1) is 44.8 Å². The topological polar surface area (TPSA) is 109 Å².